The minimum Gasteiger partial charge on any atom is -0.389 e. The zero-order chi connectivity index (χ0) is 13.7. The Morgan fingerprint density at radius 1 is 1.50 bits per heavy atom. The molecule has 0 heterocycles. The molecule has 0 aliphatic heterocycles. The lowest BCUT2D eigenvalue weighted by molar-refractivity contribution is -0.128. The lowest BCUT2D eigenvalue weighted by Crippen LogP contribution is -2.24. The first-order valence-electron chi connectivity index (χ1n) is 5.46. The second-order valence-electron chi connectivity index (χ2n) is 3.99. The van der Waals surface area contributed by atoms with Crippen LogP contribution in [0.1, 0.15) is 12.0 Å². The molecule has 0 atom stereocenters. The van der Waals surface area contributed by atoms with E-state index in [1.54, 1.807) is 19.0 Å². The van der Waals surface area contributed by atoms with Gasteiger partial charge in [0, 0.05) is 42.8 Å². The Morgan fingerprint density at radius 2 is 2.17 bits per heavy atom. The molecule has 98 valence electrons. The Hall–Kier alpha value is -1.14. The number of nitrogens with zero attached hydrogens (tertiary/aromatic N) is 1. The van der Waals surface area contributed by atoms with E-state index in [2.05, 4.69) is 21.2 Å². The van der Waals surface area contributed by atoms with Crippen molar-refractivity contribution < 1.29 is 4.79 Å². The predicted molar refractivity (Wildman–Crippen MR) is 81.8 cm³/mol. The summed E-state index contributed by atoms with van der Waals surface area (Å²) in [5.41, 5.74) is 7.29. The van der Waals surface area contributed by atoms with Gasteiger partial charge in [-0.3, -0.25) is 4.79 Å². The highest BCUT2D eigenvalue weighted by Crippen LogP contribution is 2.24. The second kappa shape index (κ2) is 6.70. The minimum atomic E-state index is 0.0781. The highest BCUT2D eigenvalue weighted by molar-refractivity contribution is 9.10. The Morgan fingerprint density at radius 3 is 2.72 bits per heavy atom. The molecular formula is C12H16BrN3OS. The normalized spacial score (nSPS) is 9.94. The van der Waals surface area contributed by atoms with Crippen LogP contribution in [0, 0.1) is 0 Å². The van der Waals surface area contributed by atoms with Crippen LogP contribution in [0.5, 0.6) is 0 Å². The summed E-state index contributed by atoms with van der Waals surface area (Å²) in [6.07, 6.45) is 0.427. The minimum absolute atomic E-state index is 0.0781. The number of amides is 1. The van der Waals surface area contributed by atoms with Gasteiger partial charge in [0.05, 0.1) is 0 Å². The lowest BCUT2D eigenvalue weighted by atomic mass is 10.1. The van der Waals surface area contributed by atoms with Gasteiger partial charge in [-0.15, -0.1) is 0 Å². The number of benzene rings is 1. The molecule has 0 saturated heterocycles. The maximum absolute atomic E-state index is 11.4. The summed E-state index contributed by atoms with van der Waals surface area (Å²) < 4.78 is 0.846. The summed E-state index contributed by atoms with van der Waals surface area (Å²) >= 11 is 8.42. The fourth-order valence-corrected chi connectivity index (χ4v) is 2.38. The number of hydrogen-bond donors (Lipinski definition) is 2. The Bertz CT molecular complexity index is 463. The van der Waals surface area contributed by atoms with Gasteiger partial charge in [-0.05, 0) is 28.1 Å². The van der Waals surface area contributed by atoms with Gasteiger partial charge >= 0.3 is 0 Å². The molecule has 0 unspecified atom stereocenters. The standard InChI is InChI=1S/C12H16BrN3OS/c1-16(2)10(17)6-7-15-9-5-3-4-8(13)11(9)12(14)18/h3-5,15H,6-7H2,1-2H3,(H2,14,18). The molecule has 0 aromatic heterocycles. The summed E-state index contributed by atoms with van der Waals surface area (Å²) in [6, 6.07) is 5.66. The maximum Gasteiger partial charge on any atom is 0.223 e. The van der Waals surface area contributed by atoms with Crippen LogP contribution < -0.4 is 11.1 Å². The first-order chi connectivity index (χ1) is 8.43. The smallest absolute Gasteiger partial charge is 0.223 e. The molecule has 0 saturated carbocycles. The SMILES string of the molecule is CN(C)C(=O)CCNc1cccc(Br)c1C(N)=S. The van der Waals surface area contributed by atoms with E-state index < -0.39 is 0 Å². The van der Waals surface area contributed by atoms with E-state index in [0.717, 1.165) is 15.7 Å². The molecule has 0 aliphatic carbocycles. The van der Waals surface area contributed by atoms with Crippen LogP contribution in [-0.4, -0.2) is 36.4 Å². The average Bonchev–Trinajstić information content (AvgIpc) is 2.28. The lowest BCUT2D eigenvalue weighted by Gasteiger charge is -2.14. The van der Waals surface area contributed by atoms with Crippen molar-refractivity contribution >= 4 is 44.7 Å². The number of halogens is 1. The van der Waals surface area contributed by atoms with Crippen molar-refractivity contribution in [2.45, 2.75) is 6.42 Å². The van der Waals surface area contributed by atoms with Crippen molar-refractivity contribution in [3.05, 3.63) is 28.2 Å². The third-order valence-electron chi connectivity index (χ3n) is 2.41. The Balaban J connectivity index is 2.71. The third-order valence-corrected chi connectivity index (χ3v) is 3.28. The van der Waals surface area contributed by atoms with Crippen LogP contribution in [-0.2, 0) is 4.79 Å². The first kappa shape index (κ1) is 14.9. The van der Waals surface area contributed by atoms with E-state index >= 15 is 0 Å². The van der Waals surface area contributed by atoms with Gasteiger partial charge in [0.25, 0.3) is 0 Å². The quantitative estimate of drug-likeness (QED) is 0.811. The number of rotatable bonds is 5. The molecule has 0 fully saturated rings. The zero-order valence-electron chi connectivity index (χ0n) is 10.4. The van der Waals surface area contributed by atoms with Crippen LogP contribution in [0.2, 0.25) is 0 Å². The van der Waals surface area contributed by atoms with Gasteiger partial charge in [-0.25, -0.2) is 0 Å². The van der Waals surface area contributed by atoms with Gasteiger partial charge in [0.15, 0.2) is 0 Å². The predicted octanol–water partition coefficient (Wildman–Crippen LogP) is 1.97. The molecule has 1 rings (SSSR count). The molecule has 18 heavy (non-hydrogen) atoms. The molecule has 0 spiro atoms. The zero-order valence-corrected chi connectivity index (χ0v) is 12.8. The van der Waals surface area contributed by atoms with Gasteiger partial charge < -0.3 is 16.0 Å². The summed E-state index contributed by atoms with van der Waals surface area (Å²) in [7, 11) is 3.48. The van der Waals surface area contributed by atoms with Crippen molar-refractivity contribution in [2.75, 3.05) is 26.0 Å². The summed E-state index contributed by atoms with van der Waals surface area (Å²) in [6.45, 7) is 0.545. The molecule has 0 aliphatic rings. The number of hydrogen-bond acceptors (Lipinski definition) is 3. The number of carbonyl (C=O) groups excluding carboxylic acids is 1. The van der Waals surface area contributed by atoms with E-state index in [1.165, 1.54) is 0 Å². The van der Waals surface area contributed by atoms with Crippen molar-refractivity contribution in [1.82, 2.24) is 4.90 Å². The van der Waals surface area contributed by atoms with Crippen molar-refractivity contribution in [3.8, 4) is 0 Å². The monoisotopic (exact) mass is 329 g/mol. The molecular weight excluding hydrogens is 314 g/mol. The topological polar surface area (TPSA) is 58.4 Å². The third kappa shape index (κ3) is 3.96. The molecule has 6 heteroatoms. The summed E-state index contributed by atoms with van der Waals surface area (Å²) in [4.78, 5) is 13.3. The highest BCUT2D eigenvalue weighted by atomic mass is 79.9. The number of carbonyl (C=O) groups is 1. The van der Waals surface area contributed by atoms with Crippen LogP contribution in [0.3, 0.4) is 0 Å². The van der Waals surface area contributed by atoms with E-state index in [-0.39, 0.29) is 5.91 Å². The molecule has 0 bridgehead atoms. The van der Waals surface area contributed by atoms with Crippen molar-refractivity contribution in [2.24, 2.45) is 5.73 Å². The number of anilines is 1. The Labute approximate surface area is 121 Å². The van der Waals surface area contributed by atoms with E-state index in [1.807, 2.05) is 18.2 Å². The van der Waals surface area contributed by atoms with Crippen molar-refractivity contribution in [3.63, 3.8) is 0 Å². The van der Waals surface area contributed by atoms with Crippen LogP contribution >= 0.6 is 28.1 Å². The number of thiocarbonyl (C=S) groups is 1. The second-order valence-corrected chi connectivity index (χ2v) is 5.29. The van der Waals surface area contributed by atoms with Gasteiger partial charge in [-0.2, -0.15) is 0 Å². The number of nitrogens with two attached hydrogens (primary N) is 1. The van der Waals surface area contributed by atoms with Gasteiger partial charge in [0.2, 0.25) is 5.91 Å². The molecule has 1 aromatic rings. The molecule has 1 aromatic carbocycles. The Kier molecular flexibility index (Phi) is 5.55. The van der Waals surface area contributed by atoms with Crippen LogP contribution in [0.4, 0.5) is 5.69 Å². The first-order valence-corrected chi connectivity index (χ1v) is 6.66. The van der Waals surface area contributed by atoms with E-state index in [9.17, 15) is 4.79 Å². The summed E-state index contributed by atoms with van der Waals surface area (Å²) in [5.74, 6) is 0.0781. The molecule has 1 amide bonds. The fourth-order valence-electron chi connectivity index (χ4n) is 1.45. The van der Waals surface area contributed by atoms with Crippen molar-refractivity contribution in [1.29, 1.82) is 0 Å². The maximum atomic E-state index is 11.4. The van der Waals surface area contributed by atoms with Crippen LogP contribution in [0.15, 0.2) is 22.7 Å². The van der Waals surface area contributed by atoms with Gasteiger partial charge in [-0.1, -0.05) is 18.3 Å². The molecule has 0 radical (unpaired) electrons. The summed E-state index contributed by atoms with van der Waals surface area (Å²) in [5, 5.41) is 3.18. The largest absolute Gasteiger partial charge is 0.389 e. The fraction of sp³-hybridized carbons (Fsp3) is 0.333. The van der Waals surface area contributed by atoms with Crippen LogP contribution in [0.25, 0.3) is 0 Å². The highest BCUT2D eigenvalue weighted by Gasteiger charge is 2.09. The molecule has 3 N–H and O–H groups in total. The van der Waals surface area contributed by atoms with E-state index in [4.69, 9.17) is 18.0 Å². The van der Waals surface area contributed by atoms with E-state index in [0.29, 0.717) is 18.0 Å². The average molecular weight is 330 g/mol. The number of nitrogens with one attached hydrogen (secondary N) is 1. The molecule has 4 nitrogen and oxygen atoms in total. The van der Waals surface area contributed by atoms with Gasteiger partial charge in [0.1, 0.15) is 4.99 Å².